The summed E-state index contributed by atoms with van der Waals surface area (Å²) in [6.45, 7) is 0.384. The van der Waals surface area contributed by atoms with Crippen LogP contribution in [0.4, 0.5) is 0 Å². The second-order valence-electron chi connectivity index (χ2n) is 2.21. The maximum absolute atomic E-state index is 10.1. The van der Waals surface area contributed by atoms with E-state index >= 15 is 0 Å². The van der Waals surface area contributed by atoms with Crippen molar-refractivity contribution in [1.29, 1.82) is 0 Å². The average Bonchev–Trinajstić information content (AvgIpc) is 1.63. The van der Waals surface area contributed by atoms with Crippen LogP contribution in [0.5, 0.6) is 0 Å². The summed E-state index contributed by atoms with van der Waals surface area (Å²) in [5.41, 5.74) is 5.18. The van der Waals surface area contributed by atoms with Crippen LogP contribution in [-0.2, 0) is 4.79 Å². The van der Waals surface area contributed by atoms with Crippen LogP contribution in [-0.4, -0.2) is 42.7 Å². The van der Waals surface area contributed by atoms with E-state index < -0.39 is 12.0 Å². The van der Waals surface area contributed by atoms with Gasteiger partial charge in [-0.2, -0.15) is 0 Å². The molecule has 3 N–H and O–H groups in total. The Labute approximate surface area is 78.6 Å². The van der Waals surface area contributed by atoms with Gasteiger partial charge in [-0.1, -0.05) is 0 Å². The van der Waals surface area contributed by atoms with Crippen molar-refractivity contribution in [3.63, 3.8) is 0 Å². The molecule has 11 heavy (non-hydrogen) atoms. The summed E-state index contributed by atoms with van der Waals surface area (Å²) in [5.74, 6) is -0.955. The zero-order chi connectivity index (χ0) is 7.44. The van der Waals surface area contributed by atoms with Gasteiger partial charge in [0, 0.05) is 6.54 Å². The fourth-order valence-electron chi connectivity index (χ4n) is 0.471. The van der Waals surface area contributed by atoms with Gasteiger partial charge in [-0.3, -0.25) is 4.79 Å². The fourth-order valence-corrected chi connectivity index (χ4v) is 0.471. The molecule has 4 nitrogen and oxygen atoms in total. The number of carboxylic acids is 1. The minimum absolute atomic E-state index is 0. The Hall–Kier alpha value is -0.0300. The number of nitrogens with zero attached hydrogens (tertiary/aromatic N) is 1. The van der Waals surface area contributed by atoms with Gasteiger partial charge in [-0.15, -0.1) is 0 Å². The average molecular weight is 203 g/mol. The number of nitrogens with two attached hydrogens (primary N) is 1. The number of rotatable bonds is 3. The van der Waals surface area contributed by atoms with Gasteiger partial charge in [0.15, 0.2) is 0 Å². The van der Waals surface area contributed by atoms with Crippen LogP contribution in [0, 0.1) is 0 Å². The first-order chi connectivity index (χ1) is 4.04. The molecular weight excluding hydrogens is 191 g/mol. The van der Waals surface area contributed by atoms with E-state index in [-0.39, 0.29) is 24.8 Å². The van der Waals surface area contributed by atoms with E-state index in [1.807, 2.05) is 0 Å². The molecule has 0 aliphatic carbocycles. The number of likely N-dealkylation sites (N-methyl/N-ethyl adjacent to an activating group) is 1. The van der Waals surface area contributed by atoms with Crippen LogP contribution in [0.1, 0.15) is 0 Å². The standard InChI is InChI=1S/C5H12N2O2.2ClH/c1-7(2)3-4(6)5(8)9;;/h4H,3,6H2,1-2H3,(H,8,9);2*1H/p-2. The molecule has 1 atom stereocenters. The third-order valence-corrected chi connectivity index (χ3v) is 0.879. The third-order valence-electron chi connectivity index (χ3n) is 0.879. The summed E-state index contributed by atoms with van der Waals surface area (Å²) in [7, 11) is 3.56. The predicted octanol–water partition coefficient (Wildman–Crippen LogP) is -7.03. The first-order valence-corrected chi connectivity index (χ1v) is 2.67. The van der Waals surface area contributed by atoms with Crippen molar-refractivity contribution in [2.75, 3.05) is 20.6 Å². The van der Waals surface area contributed by atoms with E-state index in [1.54, 1.807) is 19.0 Å². The van der Waals surface area contributed by atoms with Gasteiger partial charge in [0.25, 0.3) is 0 Å². The van der Waals surface area contributed by atoms with Crippen LogP contribution >= 0.6 is 0 Å². The van der Waals surface area contributed by atoms with Crippen molar-refractivity contribution in [3.8, 4) is 0 Å². The second kappa shape index (κ2) is 8.07. The van der Waals surface area contributed by atoms with Crippen molar-refractivity contribution in [2.24, 2.45) is 5.73 Å². The summed E-state index contributed by atoms with van der Waals surface area (Å²) < 4.78 is 0. The monoisotopic (exact) mass is 202 g/mol. The molecule has 0 saturated carbocycles. The second-order valence-corrected chi connectivity index (χ2v) is 2.21. The number of halogens is 2. The van der Waals surface area contributed by atoms with Crippen LogP contribution in [0.15, 0.2) is 0 Å². The molecule has 0 spiro atoms. The number of hydrogen-bond donors (Lipinski definition) is 2. The first-order valence-electron chi connectivity index (χ1n) is 2.67. The summed E-state index contributed by atoms with van der Waals surface area (Å²) >= 11 is 0. The van der Waals surface area contributed by atoms with Gasteiger partial charge in [-0.25, -0.2) is 0 Å². The van der Waals surface area contributed by atoms with E-state index in [0.717, 1.165) is 0 Å². The molecule has 0 aromatic carbocycles. The highest BCUT2D eigenvalue weighted by Crippen LogP contribution is 1.80. The molecule has 0 fully saturated rings. The van der Waals surface area contributed by atoms with E-state index in [1.165, 1.54) is 0 Å². The van der Waals surface area contributed by atoms with Gasteiger partial charge in [0.1, 0.15) is 6.04 Å². The van der Waals surface area contributed by atoms with Gasteiger partial charge in [0.05, 0.1) is 0 Å². The Bertz CT molecular complexity index is 111. The molecule has 6 heteroatoms. The molecule has 0 amide bonds. The van der Waals surface area contributed by atoms with Crippen molar-refractivity contribution >= 4 is 5.97 Å². The van der Waals surface area contributed by atoms with Gasteiger partial charge < -0.3 is 40.6 Å². The minimum atomic E-state index is -0.955. The van der Waals surface area contributed by atoms with Crippen molar-refractivity contribution in [2.45, 2.75) is 6.04 Å². The molecular formula is C5H12Cl2N2O2-2. The molecule has 0 bridgehead atoms. The molecule has 0 aromatic heterocycles. The normalized spacial score (nSPS) is 11.3. The molecule has 0 radical (unpaired) electrons. The lowest BCUT2D eigenvalue weighted by Gasteiger charge is -2.11. The molecule has 70 valence electrons. The fraction of sp³-hybridized carbons (Fsp3) is 0.800. The Morgan fingerprint density at radius 1 is 1.55 bits per heavy atom. The van der Waals surface area contributed by atoms with Gasteiger partial charge in [-0.05, 0) is 14.1 Å². The number of hydrogen-bond acceptors (Lipinski definition) is 3. The quantitative estimate of drug-likeness (QED) is 0.478. The van der Waals surface area contributed by atoms with Crippen LogP contribution in [0.2, 0.25) is 0 Å². The largest absolute Gasteiger partial charge is 1.00 e. The van der Waals surface area contributed by atoms with Gasteiger partial charge in [0.2, 0.25) is 0 Å². The van der Waals surface area contributed by atoms with Crippen molar-refractivity contribution < 1.29 is 34.7 Å². The Balaban J connectivity index is -0.000000320. The lowest BCUT2D eigenvalue weighted by Crippen LogP contribution is -3.00. The van der Waals surface area contributed by atoms with Crippen LogP contribution in [0.3, 0.4) is 0 Å². The molecule has 0 heterocycles. The zero-order valence-electron chi connectivity index (χ0n) is 6.42. The molecule has 0 aliphatic rings. The summed E-state index contributed by atoms with van der Waals surface area (Å²) in [4.78, 5) is 11.8. The zero-order valence-corrected chi connectivity index (χ0v) is 7.93. The highest BCUT2D eigenvalue weighted by molar-refractivity contribution is 5.73. The predicted molar refractivity (Wildman–Crippen MR) is 34.2 cm³/mol. The van der Waals surface area contributed by atoms with E-state index in [4.69, 9.17) is 10.8 Å². The molecule has 0 saturated heterocycles. The molecule has 0 aliphatic heterocycles. The minimum Gasteiger partial charge on any atom is -1.00 e. The van der Waals surface area contributed by atoms with Crippen LogP contribution < -0.4 is 30.5 Å². The summed E-state index contributed by atoms with van der Waals surface area (Å²) in [5, 5.41) is 8.28. The Morgan fingerprint density at radius 2 is 1.91 bits per heavy atom. The molecule has 0 aromatic rings. The highest BCUT2D eigenvalue weighted by Gasteiger charge is 2.10. The highest BCUT2D eigenvalue weighted by atomic mass is 35.5. The van der Waals surface area contributed by atoms with E-state index in [0.29, 0.717) is 6.54 Å². The lowest BCUT2D eigenvalue weighted by molar-refractivity contribution is -0.138. The lowest BCUT2D eigenvalue weighted by atomic mass is 10.3. The number of carboxylic acid groups (broad SMARTS) is 1. The van der Waals surface area contributed by atoms with Crippen molar-refractivity contribution in [1.82, 2.24) is 4.90 Å². The van der Waals surface area contributed by atoms with Crippen LogP contribution in [0.25, 0.3) is 0 Å². The smallest absolute Gasteiger partial charge is 0.321 e. The number of carbonyl (C=O) groups is 1. The van der Waals surface area contributed by atoms with Crippen molar-refractivity contribution in [3.05, 3.63) is 0 Å². The molecule has 0 rings (SSSR count). The summed E-state index contributed by atoms with van der Waals surface area (Å²) in [6.07, 6.45) is 0. The Kier molecular flexibility index (Phi) is 12.6. The maximum atomic E-state index is 10.1. The maximum Gasteiger partial charge on any atom is 0.321 e. The SMILES string of the molecule is CN(C)CC(N)C(=O)O.[Cl-].[Cl-]. The first kappa shape index (κ1) is 17.2. The topological polar surface area (TPSA) is 66.6 Å². The Morgan fingerprint density at radius 3 is 2.00 bits per heavy atom. The van der Waals surface area contributed by atoms with Gasteiger partial charge >= 0.3 is 5.97 Å². The summed E-state index contributed by atoms with van der Waals surface area (Å²) in [6, 6.07) is -0.764. The number of aliphatic carboxylic acids is 1. The third kappa shape index (κ3) is 9.97. The van der Waals surface area contributed by atoms with E-state index in [2.05, 4.69) is 0 Å². The van der Waals surface area contributed by atoms with E-state index in [9.17, 15) is 4.79 Å². The molecule has 1 unspecified atom stereocenters.